The summed E-state index contributed by atoms with van der Waals surface area (Å²) in [6, 6.07) is 0. The van der Waals surface area contributed by atoms with Crippen LogP contribution in [0.2, 0.25) is 0 Å². The van der Waals surface area contributed by atoms with Crippen LogP contribution in [-0.4, -0.2) is 41.0 Å². The lowest BCUT2D eigenvalue weighted by molar-refractivity contribution is -0.168. The zero-order valence-electron chi connectivity index (χ0n) is 12.0. The number of alkyl halides is 3. The summed E-state index contributed by atoms with van der Waals surface area (Å²) in [5.74, 6) is -3.09. The maximum absolute atomic E-state index is 12.7. The summed E-state index contributed by atoms with van der Waals surface area (Å²) < 4.78 is 38.1. The van der Waals surface area contributed by atoms with Crippen LogP contribution in [0.15, 0.2) is 11.3 Å². The third-order valence-electron chi connectivity index (χ3n) is 4.29. The van der Waals surface area contributed by atoms with Crippen LogP contribution in [0.25, 0.3) is 0 Å². The molecule has 21 heavy (non-hydrogen) atoms. The standard InChI is InChI=1S/C14H18F3NO3/c1-13(2)7-9(10(13)11(19)14(15,16)17)18-5-3-8(4-6-18)12(20)21/h8H,3-7H2,1-2H3,(H,20,21). The monoisotopic (exact) mass is 305 g/mol. The topological polar surface area (TPSA) is 57.6 Å². The highest BCUT2D eigenvalue weighted by atomic mass is 19.4. The summed E-state index contributed by atoms with van der Waals surface area (Å²) in [6.45, 7) is 4.02. The Morgan fingerprint density at radius 3 is 2.14 bits per heavy atom. The lowest BCUT2D eigenvalue weighted by atomic mass is 9.66. The minimum absolute atomic E-state index is 0.163. The van der Waals surface area contributed by atoms with Gasteiger partial charge in [0.05, 0.1) is 5.92 Å². The third kappa shape index (κ3) is 2.91. The summed E-state index contributed by atoms with van der Waals surface area (Å²) in [4.78, 5) is 24.2. The Morgan fingerprint density at radius 2 is 1.76 bits per heavy atom. The zero-order chi connectivity index (χ0) is 16.0. The van der Waals surface area contributed by atoms with E-state index >= 15 is 0 Å². The van der Waals surface area contributed by atoms with Crippen molar-refractivity contribution in [3.05, 3.63) is 11.3 Å². The molecular weight excluding hydrogens is 287 g/mol. The quantitative estimate of drug-likeness (QED) is 0.871. The fourth-order valence-corrected chi connectivity index (χ4v) is 3.13. The van der Waals surface area contributed by atoms with Gasteiger partial charge < -0.3 is 10.0 Å². The molecule has 0 unspecified atom stereocenters. The van der Waals surface area contributed by atoms with E-state index in [1.165, 1.54) is 0 Å². The van der Waals surface area contributed by atoms with E-state index in [9.17, 15) is 22.8 Å². The Hall–Kier alpha value is -1.53. The highest BCUT2D eigenvalue weighted by molar-refractivity contribution is 6.02. The van der Waals surface area contributed by atoms with Crippen molar-refractivity contribution in [1.82, 2.24) is 4.90 Å². The molecule has 0 aromatic heterocycles. The number of piperidine rings is 1. The Balaban J connectivity index is 2.19. The second-order valence-corrected chi connectivity index (χ2v) is 6.31. The van der Waals surface area contributed by atoms with Crippen molar-refractivity contribution in [3.8, 4) is 0 Å². The average Bonchev–Trinajstić information content (AvgIpc) is 2.35. The van der Waals surface area contributed by atoms with Gasteiger partial charge in [-0.1, -0.05) is 13.8 Å². The van der Waals surface area contributed by atoms with Gasteiger partial charge in [0.1, 0.15) is 0 Å². The highest BCUT2D eigenvalue weighted by Gasteiger charge is 2.52. The molecule has 0 amide bonds. The third-order valence-corrected chi connectivity index (χ3v) is 4.29. The van der Waals surface area contributed by atoms with Gasteiger partial charge >= 0.3 is 12.1 Å². The van der Waals surface area contributed by atoms with Crippen LogP contribution < -0.4 is 0 Å². The second kappa shape index (κ2) is 5.03. The van der Waals surface area contributed by atoms with Crippen LogP contribution in [0, 0.1) is 11.3 Å². The predicted octanol–water partition coefficient (Wildman–Crippen LogP) is 2.60. The molecule has 1 heterocycles. The molecule has 0 saturated carbocycles. The van der Waals surface area contributed by atoms with E-state index in [0.717, 1.165) is 0 Å². The van der Waals surface area contributed by atoms with E-state index in [4.69, 9.17) is 5.11 Å². The molecule has 1 N–H and O–H groups in total. The predicted molar refractivity (Wildman–Crippen MR) is 68.4 cm³/mol. The van der Waals surface area contributed by atoms with E-state index in [0.29, 0.717) is 38.0 Å². The molecule has 7 heteroatoms. The van der Waals surface area contributed by atoms with Crippen molar-refractivity contribution in [2.45, 2.75) is 39.3 Å². The van der Waals surface area contributed by atoms with Crippen molar-refractivity contribution < 1.29 is 27.9 Å². The normalized spacial score (nSPS) is 23.0. The van der Waals surface area contributed by atoms with Crippen LogP contribution in [0.5, 0.6) is 0 Å². The number of aliphatic carboxylic acids is 1. The molecule has 0 aromatic rings. The molecule has 1 saturated heterocycles. The summed E-state index contributed by atoms with van der Waals surface area (Å²) in [6.07, 6.45) is -3.65. The molecule has 0 aromatic carbocycles. The number of Topliss-reactive ketones (excluding diaryl/α,β-unsaturated/α-hetero) is 1. The Kier molecular flexibility index (Phi) is 3.80. The number of nitrogens with zero attached hydrogens (tertiary/aromatic N) is 1. The number of ketones is 1. The number of carboxylic acid groups (broad SMARTS) is 1. The first-order valence-electron chi connectivity index (χ1n) is 6.87. The smallest absolute Gasteiger partial charge is 0.454 e. The Morgan fingerprint density at radius 1 is 1.24 bits per heavy atom. The van der Waals surface area contributed by atoms with Gasteiger partial charge in [0.25, 0.3) is 5.78 Å². The van der Waals surface area contributed by atoms with Gasteiger partial charge in [-0.05, 0) is 19.3 Å². The highest BCUT2D eigenvalue weighted by Crippen LogP contribution is 2.50. The van der Waals surface area contributed by atoms with E-state index in [2.05, 4.69) is 0 Å². The molecule has 0 spiro atoms. The van der Waals surface area contributed by atoms with Gasteiger partial charge in [0.15, 0.2) is 0 Å². The minimum atomic E-state index is -4.86. The average molecular weight is 305 g/mol. The van der Waals surface area contributed by atoms with Gasteiger partial charge in [0.2, 0.25) is 0 Å². The van der Waals surface area contributed by atoms with E-state index < -0.39 is 29.3 Å². The van der Waals surface area contributed by atoms with Gasteiger partial charge in [-0.2, -0.15) is 13.2 Å². The number of hydrogen-bond acceptors (Lipinski definition) is 3. The maximum Gasteiger partial charge on any atom is 0.454 e. The van der Waals surface area contributed by atoms with Gasteiger partial charge in [0, 0.05) is 29.8 Å². The van der Waals surface area contributed by atoms with Crippen LogP contribution >= 0.6 is 0 Å². The summed E-state index contributed by atoms with van der Waals surface area (Å²) in [5, 5.41) is 8.93. The molecule has 0 bridgehead atoms. The number of halogens is 3. The van der Waals surface area contributed by atoms with Gasteiger partial charge in [-0.3, -0.25) is 9.59 Å². The number of hydrogen-bond donors (Lipinski definition) is 1. The first-order valence-corrected chi connectivity index (χ1v) is 6.87. The van der Waals surface area contributed by atoms with E-state index in [1.807, 2.05) is 0 Å². The van der Waals surface area contributed by atoms with Crippen LogP contribution in [0.1, 0.15) is 33.1 Å². The molecular formula is C14H18F3NO3. The maximum atomic E-state index is 12.7. The van der Waals surface area contributed by atoms with Crippen LogP contribution in [0.4, 0.5) is 13.2 Å². The molecule has 118 valence electrons. The van der Waals surface area contributed by atoms with Crippen LogP contribution in [-0.2, 0) is 9.59 Å². The molecule has 1 aliphatic carbocycles. The lowest BCUT2D eigenvalue weighted by Crippen LogP contribution is -2.46. The number of rotatable bonds is 3. The second-order valence-electron chi connectivity index (χ2n) is 6.31. The van der Waals surface area contributed by atoms with Crippen molar-refractivity contribution in [2.75, 3.05) is 13.1 Å². The lowest BCUT2D eigenvalue weighted by Gasteiger charge is -2.47. The number of likely N-dealkylation sites (tertiary alicyclic amines) is 1. The summed E-state index contributed by atoms with van der Waals surface area (Å²) >= 11 is 0. The van der Waals surface area contributed by atoms with E-state index in [-0.39, 0.29) is 5.57 Å². The van der Waals surface area contributed by atoms with Crippen molar-refractivity contribution >= 4 is 11.8 Å². The molecule has 1 aliphatic heterocycles. The SMILES string of the molecule is CC1(C)CC(N2CCC(C(=O)O)CC2)=C1C(=O)C(F)(F)F. The molecule has 2 rings (SSSR count). The number of carboxylic acids is 1. The Labute approximate surface area is 120 Å². The fraction of sp³-hybridized carbons (Fsp3) is 0.714. The minimum Gasteiger partial charge on any atom is -0.481 e. The largest absolute Gasteiger partial charge is 0.481 e. The van der Waals surface area contributed by atoms with Gasteiger partial charge in [-0.25, -0.2) is 0 Å². The molecule has 2 aliphatic rings. The molecule has 0 radical (unpaired) electrons. The van der Waals surface area contributed by atoms with Crippen molar-refractivity contribution in [2.24, 2.45) is 11.3 Å². The first kappa shape index (κ1) is 15.9. The van der Waals surface area contributed by atoms with Crippen molar-refractivity contribution in [3.63, 3.8) is 0 Å². The first-order chi connectivity index (χ1) is 9.54. The summed E-state index contributed by atoms with van der Waals surface area (Å²) in [5.41, 5.74) is -0.499. The number of carbonyl (C=O) groups is 2. The van der Waals surface area contributed by atoms with Gasteiger partial charge in [-0.15, -0.1) is 0 Å². The zero-order valence-corrected chi connectivity index (χ0v) is 12.0. The van der Waals surface area contributed by atoms with Crippen LogP contribution in [0.3, 0.4) is 0 Å². The molecule has 1 fully saturated rings. The number of carbonyl (C=O) groups excluding carboxylic acids is 1. The fourth-order valence-electron chi connectivity index (χ4n) is 3.13. The van der Waals surface area contributed by atoms with Crippen molar-refractivity contribution in [1.29, 1.82) is 0 Å². The Bertz CT molecular complexity index is 500. The molecule has 4 nitrogen and oxygen atoms in total. The summed E-state index contributed by atoms with van der Waals surface area (Å²) in [7, 11) is 0. The van der Waals surface area contributed by atoms with E-state index in [1.54, 1.807) is 18.7 Å². The number of allylic oxidation sites excluding steroid dienone is 2. The molecule has 0 atom stereocenters.